The van der Waals surface area contributed by atoms with Gasteiger partial charge in [0, 0.05) is 67.5 Å². The van der Waals surface area contributed by atoms with Crippen molar-refractivity contribution in [3.63, 3.8) is 0 Å². The molecule has 7 aromatic carbocycles. The van der Waals surface area contributed by atoms with Gasteiger partial charge < -0.3 is 13.9 Å². The molecule has 0 atom stereocenters. The molecule has 0 aliphatic rings. The molecule has 6 heteroatoms. The van der Waals surface area contributed by atoms with Gasteiger partial charge in [0.25, 0.3) is 6.33 Å². The zero-order valence-electron chi connectivity index (χ0n) is 38.4. The van der Waals surface area contributed by atoms with E-state index in [2.05, 4.69) is 234 Å². The summed E-state index contributed by atoms with van der Waals surface area (Å²) in [5.74, 6) is 1.97. The van der Waals surface area contributed by atoms with E-state index in [1.54, 1.807) is 0 Å². The summed E-state index contributed by atoms with van der Waals surface area (Å²) in [6, 6.07) is 67.1. The Morgan fingerprint density at radius 1 is 0.530 bits per heavy atom. The van der Waals surface area contributed by atoms with Gasteiger partial charge in [0.2, 0.25) is 0 Å². The molecule has 0 radical (unpaired) electrons. The van der Waals surface area contributed by atoms with E-state index in [1.165, 1.54) is 27.8 Å². The molecule has 5 nitrogen and oxygen atoms in total. The number of nitrogens with zero attached hydrogens (tertiary/aromatic N) is 4. The summed E-state index contributed by atoms with van der Waals surface area (Å²) in [5, 5.41) is 2.20. The van der Waals surface area contributed by atoms with Gasteiger partial charge in [0.1, 0.15) is 5.82 Å². The van der Waals surface area contributed by atoms with Crippen molar-refractivity contribution in [2.75, 3.05) is 0 Å². The van der Waals surface area contributed by atoms with Crippen molar-refractivity contribution < 1.29 is 30.4 Å². The quantitative estimate of drug-likeness (QED) is 0.101. The molecule has 0 bridgehead atoms. The van der Waals surface area contributed by atoms with Gasteiger partial charge in [0.15, 0.2) is 0 Å². The average Bonchev–Trinajstić information content (AvgIpc) is 3.96. The molecule has 0 aliphatic heterocycles. The van der Waals surface area contributed by atoms with E-state index in [-0.39, 0.29) is 37.3 Å². The first-order chi connectivity index (χ1) is 31.3. The molecule has 0 spiro atoms. The average molecular weight is 1040 g/mol. The van der Waals surface area contributed by atoms with Gasteiger partial charge in [-0.1, -0.05) is 169 Å². The van der Waals surface area contributed by atoms with Crippen LogP contribution in [0.3, 0.4) is 0 Å². The summed E-state index contributed by atoms with van der Waals surface area (Å²) in [6.07, 6.45) is 9.64. The maximum absolute atomic E-state index is 6.79. The van der Waals surface area contributed by atoms with Crippen molar-refractivity contribution in [3.8, 4) is 39.8 Å². The Balaban J connectivity index is 0.00000548. The molecular formula is C60H52N4OPt-2. The third-order valence-electron chi connectivity index (χ3n) is 13.0. The van der Waals surface area contributed by atoms with E-state index >= 15 is 0 Å². The number of fused-ring (bicyclic) bond motifs is 3. The molecule has 330 valence electrons. The van der Waals surface area contributed by atoms with Gasteiger partial charge in [-0.15, -0.1) is 35.2 Å². The summed E-state index contributed by atoms with van der Waals surface area (Å²) in [7, 11) is 0. The van der Waals surface area contributed by atoms with Gasteiger partial charge in [-0.3, -0.25) is 4.57 Å². The number of benzene rings is 7. The van der Waals surface area contributed by atoms with Gasteiger partial charge in [-0.05, 0) is 80.2 Å². The Morgan fingerprint density at radius 3 is 1.86 bits per heavy atom. The second-order valence-corrected chi connectivity index (χ2v) is 19.1. The van der Waals surface area contributed by atoms with Crippen molar-refractivity contribution in [1.29, 1.82) is 0 Å². The largest absolute Gasteiger partial charge is 0.510 e. The predicted molar refractivity (Wildman–Crippen MR) is 264 cm³/mol. The van der Waals surface area contributed by atoms with E-state index in [0.29, 0.717) is 11.5 Å². The van der Waals surface area contributed by atoms with Crippen LogP contribution in [0.15, 0.2) is 188 Å². The Hall–Kier alpha value is -6.81. The molecule has 66 heavy (non-hydrogen) atoms. The number of para-hydroxylation sites is 1. The minimum absolute atomic E-state index is 0. The van der Waals surface area contributed by atoms with Crippen LogP contribution in [0, 0.1) is 18.5 Å². The molecule has 3 heterocycles. The first-order valence-corrected chi connectivity index (χ1v) is 22.4. The summed E-state index contributed by atoms with van der Waals surface area (Å²) in [4.78, 5) is 4.95. The number of hydrogen-bond donors (Lipinski definition) is 0. The Labute approximate surface area is 403 Å². The van der Waals surface area contributed by atoms with Crippen LogP contribution in [0.4, 0.5) is 0 Å². The number of ether oxygens (including phenoxy) is 1. The molecule has 0 amide bonds. The maximum Gasteiger partial charge on any atom is 0.267 e. The molecule has 0 N–H and O–H groups in total. The predicted octanol–water partition coefficient (Wildman–Crippen LogP) is 14.1. The van der Waals surface area contributed by atoms with E-state index < -0.39 is 0 Å². The van der Waals surface area contributed by atoms with E-state index in [0.717, 1.165) is 50.1 Å². The fourth-order valence-corrected chi connectivity index (χ4v) is 8.91. The third kappa shape index (κ3) is 8.45. The molecule has 0 aliphatic carbocycles. The number of hydrogen-bond acceptors (Lipinski definition) is 2. The van der Waals surface area contributed by atoms with Crippen LogP contribution in [-0.4, -0.2) is 14.1 Å². The standard InChI is InChI=1S/C60H52N4O.Pt/c1-58(2,3)47-35-48(60(6,7)45-23-15-10-16-24-45)37-50(36-47)63-32-31-62(41-63)49-33-43(42-19-11-8-12-20-42)34-52(39-49)65-51-27-28-54-53-25-17-18-26-55(53)64(56(54)40-51)57-38-46(29-30-61-57)59(4,5)44-21-13-9-14-22-44;/h8-38H,1-7H3;/q-2;. The Kier molecular flexibility index (Phi) is 11.8. The van der Waals surface area contributed by atoms with Crippen molar-refractivity contribution in [2.24, 2.45) is 0 Å². The fraction of sp³-hybridized carbons (Fsp3) is 0.167. The van der Waals surface area contributed by atoms with Crippen LogP contribution >= 0.6 is 0 Å². The molecule has 10 aromatic rings. The molecule has 0 saturated carbocycles. The van der Waals surface area contributed by atoms with Gasteiger partial charge in [-0.2, -0.15) is 12.1 Å². The zero-order chi connectivity index (χ0) is 44.9. The summed E-state index contributed by atoms with van der Waals surface area (Å²) < 4.78 is 13.1. The summed E-state index contributed by atoms with van der Waals surface area (Å²) in [5.41, 5.74) is 11.6. The Bertz CT molecular complexity index is 3320. The number of imidazole rings is 1. The fourth-order valence-electron chi connectivity index (χ4n) is 8.91. The molecular weight excluding hydrogens is 988 g/mol. The zero-order valence-corrected chi connectivity index (χ0v) is 40.7. The van der Waals surface area contributed by atoms with Gasteiger partial charge in [-0.25, -0.2) is 4.98 Å². The van der Waals surface area contributed by atoms with Crippen LogP contribution in [-0.2, 0) is 37.3 Å². The monoisotopic (exact) mass is 1040 g/mol. The Morgan fingerprint density at radius 2 is 1.17 bits per heavy atom. The first kappa shape index (κ1) is 44.4. The topological polar surface area (TPSA) is 35.9 Å². The van der Waals surface area contributed by atoms with Crippen molar-refractivity contribution in [3.05, 3.63) is 235 Å². The van der Waals surface area contributed by atoms with E-state index in [1.807, 2.05) is 35.2 Å². The molecule has 0 unspecified atom stereocenters. The minimum Gasteiger partial charge on any atom is -0.510 e. The number of pyridine rings is 1. The van der Waals surface area contributed by atoms with Crippen molar-refractivity contribution in [1.82, 2.24) is 14.1 Å². The number of rotatable bonds is 10. The van der Waals surface area contributed by atoms with Crippen molar-refractivity contribution in [2.45, 2.75) is 64.7 Å². The molecule has 3 aromatic heterocycles. The second-order valence-electron chi connectivity index (χ2n) is 19.1. The summed E-state index contributed by atoms with van der Waals surface area (Å²) in [6.45, 7) is 15.9. The normalized spacial score (nSPS) is 12.0. The summed E-state index contributed by atoms with van der Waals surface area (Å²) >= 11 is 0. The SMILES string of the molecule is CC(C)(C)c1cc(-[n+]2[c-]n(-c3[c-]c(Oc4[c-]c5c(cc4)c4ccccc4n5-c4cc(C(C)(C)c5ccccc5)ccn4)cc(-c4ccccc4)c3)cc2)cc(C(C)(C)c2ccccc2)c1.[Pt]. The molecule has 0 fully saturated rings. The number of aromatic nitrogens is 4. The third-order valence-corrected chi connectivity index (χ3v) is 13.0. The van der Waals surface area contributed by atoms with E-state index in [4.69, 9.17) is 9.72 Å². The van der Waals surface area contributed by atoms with Crippen molar-refractivity contribution >= 4 is 21.8 Å². The van der Waals surface area contributed by atoms with Crippen LogP contribution in [0.2, 0.25) is 0 Å². The van der Waals surface area contributed by atoms with Crippen LogP contribution in [0.5, 0.6) is 11.5 Å². The van der Waals surface area contributed by atoms with Crippen LogP contribution in [0.25, 0.3) is 50.1 Å². The molecule has 10 rings (SSSR count). The molecule has 0 saturated heterocycles. The smallest absolute Gasteiger partial charge is 0.267 e. The van der Waals surface area contributed by atoms with E-state index in [9.17, 15) is 0 Å². The van der Waals surface area contributed by atoms with Gasteiger partial charge in [0.05, 0.1) is 5.69 Å². The van der Waals surface area contributed by atoms with Crippen LogP contribution in [0.1, 0.15) is 76.3 Å². The maximum atomic E-state index is 6.79. The van der Waals surface area contributed by atoms with Crippen LogP contribution < -0.4 is 9.30 Å². The van der Waals surface area contributed by atoms with Gasteiger partial charge >= 0.3 is 0 Å². The second kappa shape index (κ2) is 17.5. The first-order valence-electron chi connectivity index (χ1n) is 22.4. The minimum atomic E-state index is -0.234.